The van der Waals surface area contributed by atoms with Crippen LogP contribution in [0.4, 0.5) is 5.69 Å². The van der Waals surface area contributed by atoms with Crippen molar-refractivity contribution in [1.29, 1.82) is 0 Å². The molecule has 1 aliphatic carbocycles. The highest BCUT2D eigenvalue weighted by Crippen LogP contribution is 2.28. The predicted octanol–water partition coefficient (Wildman–Crippen LogP) is 1.45. The SMILES string of the molecule is CCn1cc([N+](=O)[O-])cc1C(=O)NCC1(O)CCCC1. The molecular formula is C13H19N3O4. The second kappa shape index (κ2) is 5.62. The summed E-state index contributed by atoms with van der Waals surface area (Å²) in [7, 11) is 0. The van der Waals surface area contributed by atoms with Crippen LogP contribution in [0.2, 0.25) is 0 Å². The molecule has 0 radical (unpaired) electrons. The molecule has 1 aromatic rings. The van der Waals surface area contributed by atoms with Gasteiger partial charge in [0.2, 0.25) is 0 Å². The van der Waals surface area contributed by atoms with Crippen LogP contribution < -0.4 is 5.32 Å². The normalized spacial score (nSPS) is 17.1. The summed E-state index contributed by atoms with van der Waals surface area (Å²) >= 11 is 0. The summed E-state index contributed by atoms with van der Waals surface area (Å²) in [6, 6.07) is 1.26. The maximum absolute atomic E-state index is 12.1. The number of hydrogen-bond donors (Lipinski definition) is 2. The smallest absolute Gasteiger partial charge is 0.287 e. The van der Waals surface area contributed by atoms with Gasteiger partial charge in [-0.2, -0.15) is 0 Å². The predicted molar refractivity (Wildman–Crippen MR) is 72.5 cm³/mol. The minimum Gasteiger partial charge on any atom is -0.388 e. The molecule has 2 N–H and O–H groups in total. The van der Waals surface area contributed by atoms with Crippen molar-refractivity contribution in [3.05, 3.63) is 28.1 Å². The molecular weight excluding hydrogens is 262 g/mol. The Balaban J connectivity index is 2.06. The molecule has 2 rings (SSSR count). The van der Waals surface area contributed by atoms with Crippen LogP contribution in [0.5, 0.6) is 0 Å². The molecule has 0 bridgehead atoms. The quantitative estimate of drug-likeness (QED) is 0.630. The molecule has 1 aliphatic rings. The molecule has 0 saturated heterocycles. The van der Waals surface area contributed by atoms with Gasteiger partial charge in [0.05, 0.1) is 16.7 Å². The second-order valence-electron chi connectivity index (χ2n) is 5.24. The van der Waals surface area contributed by atoms with Crippen LogP contribution in [0.1, 0.15) is 43.1 Å². The Morgan fingerprint density at radius 1 is 1.55 bits per heavy atom. The maximum atomic E-state index is 12.1. The Morgan fingerprint density at radius 2 is 2.20 bits per heavy atom. The number of rotatable bonds is 5. The second-order valence-corrected chi connectivity index (χ2v) is 5.24. The first-order valence-corrected chi connectivity index (χ1v) is 6.80. The number of aromatic nitrogens is 1. The standard InChI is InChI=1S/C13H19N3O4/c1-2-15-8-10(16(19)20)7-11(15)12(17)14-9-13(18)5-3-4-6-13/h7-8,18H,2-6,9H2,1H3,(H,14,17). The summed E-state index contributed by atoms with van der Waals surface area (Å²) in [5.41, 5.74) is -0.678. The molecule has 0 atom stereocenters. The van der Waals surface area contributed by atoms with Crippen molar-refractivity contribution in [3.63, 3.8) is 0 Å². The Morgan fingerprint density at radius 3 is 2.75 bits per heavy atom. The molecule has 7 heteroatoms. The topological polar surface area (TPSA) is 97.4 Å². The molecule has 20 heavy (non-hydrogen) atoms. The van der Waals surface area contributed by atoms with Crippen molar-refractivity contribution >= 4 is 11.6 Å². The largest absolute Gasteiger partial charge is 0.388 e. The van der Waals surface area contributed by atoms with Crippen molar-refractivity contribution in [2.45, 2.75) is 44.8 Å². The molecule has 1 heterocycles. The van der Waals surface area contributed by atoms with Crippen molar-refractivity contribution in [1.82, 2.24) is 9.88 Å². The van der Waals surface area contributed by atoms with E-state index in [9.17, 15) is 20.0 Å². The van der Waals surface area contributed by atoms with Gasteiger partial charge in [-0.25, -0.2) is 0 Å². The van der Waals surface area contributed by atoms with Crippen LogP contribution in [0.3, 0.4) is 0 Å². The molecule has 110 valence electrons. The van der Waals surface area contributed by atoms with Gasteiger partial charge in [-0.05, 0) is 19.8 Å². The van der Waals surface area contributed by atoms with Gasteiger partial charge in [0.25, 0.3) is 11.6 Å². The number of aliphatic hydroxyl groups is 1. The first kappa shape index (κ1) is 14.5. The summed E-state index contributed by atoms with van der Waals surface area (Å²) < 4.78 is 1.53. The fourth-order valence-electron chi connectivity index (χ4n) is 2.59. The Labute approximate surface area is 116 Å². The Bertz CT molecular complexity index is 518. The molecule has 0 aliphatic heterocycles. The third-order valence-electron chi connectivity index (χ3n) is 3.78. The van der Waals surface area contributed by atoms with Crippen molar-refractivity contribution in [2.75, 3.05) is 6.54 Å². The summed E-state index contributed by atoms with van der Waals surface area (Å²) in [5.74, 6) is -0.389. The minimum atomic E-state index is -0.828. The van der Waals surface area contributed by atoms with Gasteiger partial charge in [0.15, 0.2) is 0 Å². The fourth-order valence-corrected chi connectivity index (χ4v) is 2.59. The van der Waals surface area contributed by atoms with E-state index in [1.54, 1.807) is 0 Å². The van der Waals surface area contributed by atoms with Crippen LogP contribution in [-0.4, -0.2) is 32.6 Å². The molecule has 1 saturated carbocycles. The zero-order chi connectivity index (χ0) is 14.8. The van der Waals surface area contributed by atoms with Gasteiger partial charge < -0.3 is 15.0 Å². The van der Waals surface area contributed by atoms with E-state index in [0.29, 0.717) is 19.4 Å². The first-order valence-electron chi connectivity index (χ1n) is 6.80. The van der Waals surface area contributed by atoms with Gasteiger partial charge >= 0.3 is 0 Å². The average molecular weight is 281 g/mol. The van der Waals surface area contributed by atoms with Gasteiger partial charge in [-0.15, -0.1) is 0 Å². The van der Waals surface area contributed by atoms with E-state index in [1.807, 2.05) is 6.92 Å². The van der Waals surface area contributed by atoms with Crippen LogP contribution in [0, 0.1) is 10.1 Å². The van der Waals surface area contributed by atoms with E-state index >= 15 is 0 Å². The Hall–Kier alpha value is -1.89. The lowest BCUT2D eigenvalue weighted by atomic mass is 10.0. The summed E-state index contributed by atoms with van der Waals surface area (Å²) in [6.07, 6.45) is 4.63. The highest BCUT2D eigenvalue weighted by molar-refractivity contribution is 5.93. The third kappa shape index (κ3) is 2.98. The van der Waals surface area contributed by atoms with Crippen LogP contribution in [-0.2, 0) is 6.54 Å². The van der Waals surface area contributed by atoms with Gasteiger partial charge in [-0.3, -0.25) is 14.9 Å². The van der Waals surface area contributed by atoms with Crippen LogP contribution in [0.15, 0.2) is 12.3 Å². The van der Waals surface area contributed by atoms with Gasteiger partial charge in [0, 0.05) is 19.2 Å². The van der Waals surface area contributed by atoms with E-state index < -0.39 is 10.5 Å². The van der Waals surface area contributed by atoms with Gasteiger partial charge in [0.1, 0.15) is 5.69 Å². The van der Waals surface area contributed by atoms with E-state index in [4.69, 9.17) is 0 Å². The average Bonchev–Trinajstić information content (AvgIpc) is 3.02. The number of nitrogens with one attached hydrogen (secondary N) is 1. The number of carbonyl (C=O) groups is 1. The number of amides is 1. The molecule has 7 nitrogen and oxygen atoms in total. The molecule has 1 fully saturated rings. The number of aryl methyl sites for hydroxylation is 1. The maximum Gasteiger partial charge on any atom is 0.287 e. The lowest BCUT2D eigenvalue weighted by Gasteiger charge is -2.22. The zero-order valence-corrected chi connectivity index (χ0v) is 11.5. The number of nitro groups is 1. The van der Waals surface area contributed by atoms with Crippen molar-refractivity contribution in [3.8, 4) is 0 Å². The highest BCUT2D eigenvalue weighted by atomic mass is 16.6. The summed E-state index contributed by atoms with van der Waals surface area (Å²) in [5, 5.41) is 23.6. The molecule has 1 amide bonds. The number of nitrogens with zero attached hydrogens (tertiary/aromatic N) is 2. The summed E-state index contributed by atoms with van der Waals surface area (Å²) in [4.78, 5) is 22.3. The fraction of sp³-hybridized carbons (Fsp3) is 0.615. The first-order chi connectivity index (χ1) is 9.45. The number of hydrogen-bond acceptors (Lipinski definition) is 4. The molecule has 0 spiro atoms. The molecule has 1 aromatic heterocycles. The summed E-state index contributed by atoms with van der Waals surface area (Å²) in [6.45, 7) is 2.47. The molecule has 0 aromatic carbocycles. The molecule has 0 unspecified atom stereocenters. The van der Waals surface area contributed by atoms with Crippen LogP contribution in [0.25, 0.3) is 0 Å². The lowest BCUT2D eigenvalue weighted by molar-refractivity contribution is -0.384. The minimum absolute atomic E-state index is 0.100. The van der Waals surface area contributed by atoms with Crippen molar-refractivity contribution in [2.24, 2.45) is 0 Å². The van der Waals surface area contributed by atoms with E-state index in [2.05, 4.69) is 5.32 Å². The highest BCUT2D eigenvalue weighted by Gasteiger charge is 2.31. The van der Waals surface area contributed by atoms with Crippen molar-refractivity contribution < 1.29 is 14.8 Å². The van der Waals surface area contributed by atoms with Crippen LogP contribution >= 0.6 is 0 Å². The lowest BCUT2D eigenvalue weighted by Crippen LogP contribution is -2.41. The van der Waals surface area contributed by atoms with E-state index in [-0.39, 0.29) is 23.8 Å². The monoisotopic (exact) mass is 281 g/mol. The van der Waals surface area contributed by atoms with Gasteiger partial charge in [-0.1, -0.05) is 12.8 Å². The third-order valence-corrected chi connectivity index (χ3v) is 3.78. The van der Waals surface area contributed by atoms with E-state index in [1.165, 1.54) is 16.8 Å². The number of carbonyl (C=O) groups excluding carboxylic acids is 1. The zero-order valence-electron chi connectivity index (χ0n) is 11.5. The van der Waals surface area contributed by atoms with E-state index in [0.717, 1.165) is 12.8 Å². The Kier molecular flexibility index (Phi) is 4.08.